The van der Waals surface area contributed by atoms with Gasteiger partial charge < -0.3 is 14.4 Å². The maximum atomic E-state index is 14.3. The van der Waals surface area contributed by atoms with E-state index in [0.29, 0.717) is 19.4 Å². The first-order chi connectivity index (χ1) is 12.6. The fourth-order valence-electron chi connectivity index (χ4n) is 2.75. The molecular formula is C20H34FN3O2Si. The van der Waals surface area contributed by atoms with Gasteiger partial charge in [0.2, 0.25) is 0 Å². The highest BCUT2D eigenvalue weighted by Gasteiger charge is 2.17. The van der Waals surface area contributed by atoms with Crippen LogP contribution >= 0.6 is 0 Å². The number of hydrogen-bond acceptors (Lipinski definition) is 4. The van der Waals surface area contributed by atoms with E-state index in [1.54, 1.807) is 10.7 Å². The number of rotatable bonds is 10. The maximum absolute atomic E-state index is 14.3. The Hall–Kier alpha value is -1.44. The molecule has 0 fully saturated rings. The van der Waals surface area contributed by atoms with Crippen molar-refractivity contribution in [3.63, 3.8) is 0 Å². The number of ether oxygens (including phenoxy) is 2. The van der Waals surface area contributed by atoms with Crippen molar-refractivity contribution < 1.29 is 13.9 Å². The second-order valence-corrected chi connectivity index (χ2v) is 14.2. The summed E-state index contributed by atoms with van der Waals surface area (Å²) < 4.78 is 27.1. The van der Waals surface area contributed by atoms with Crippen molar-refractivity contribution in [1.82, 2.24) is 14.7 Å². The molecule has 0 aliphatic rings. The van der Waals surface area contributed by atoms with E-state index in [1.165, 1.54) is 13.2 Å². The minimum Gasteiger partial charge on any atom is -0.494 e. The van der Waals surface area contributed by atoms with Gasteiger partial charge in [0, 0.05) is 45.1 Å². The molecule has 152 valence electrons. The molecule has 0 unspecified atom stereocenters. The van der Waals surface area contributed by atoms with Crippen LogP contribution in [-0.4, -0.2) is 56.1 Å². The Kier molecular flexibility index (Phi) is 7.42. The Bertz CT molecular complexity index is 756. The first-order valence-electron chi connectivity index (χ1n) is 9.63. The first kappa shape index (κ1) is 21.9. The molecule has 7 heteroatoms. The van der Waals surface area contributed by atoms with Gasteiger partial charge in [0.05, 0.1) is 18.3 Å². The van der Waals surface area contributed by atoms with Crippen LogP contribution in [0.15, 0.2) is 12.1 Å². The van der Waals surface area contributed by atoms with Crippen molar-refractivity contribution in [2.45, 2.75) is 58.7 Å². The van der Waals surface area contributed by atoms with Gasteiger partial charge in [-0.25, -0.2) is 9.07 Å². The second kappa shape index (κ2) is 9.17. The molecule has 1 aromatic heterocycles. The van der Waals surface area contributed by atoms with E-state index >= 15 is 0 Å². The minimum absolute atomic E-state index is 0.250. The van der Waals surface area contributed by atoms with Gasteiger partial charge >= 0.3 is 0 Å². The highest BCUT2D eigenvalue weighted by Crippen LogP contribution is 2.28. The van der Waals surface area contributed by atoms with E-state index in [4.69, 9.17) is 14.6 Å². The number of likely N-dealkylation sites (N-methyl/N-ethyl adjacent to an activating group) is 1. The van der Waals surface area contributed by atoms with Crippen LogP contribution < -0.4 is 4.74 Å². The molecule has 2 aromatic rings. The molecule has 0 saturated carbocycles. The molecule has 1 aromatic carbocycles. The highest BCUT2D eigenvalue weighted by atomic mass is 28.3. The summed E-state index contributed by atoms with van der Waals surface area (Å²) in [7, 11) is 2.45. The molecule has 27 heavy (non-hydrogen) atoms. The van der Waals surface area contributed by atoms with Crippen LogP contribution in [0, 0.1) is 5.82 Å². The average molecular weight is 396 g/mol. The van der Waals surface area contributed by atoms with Gasteiger partial charge in [-0.2, -0.15) is 5.10 Å². The van der Waals surface area contributed by atoms with Crippen LogP contribution in [0.25, 0.3) is 10.9 Å². The molecule has 0 radical (unpaired) electrons. The summed E-state index contributed by atoms with van der Waals surface area (Å²) in [6.07, 6.45) is 0.794. The van der Waals surface area contributed by atoms with E-state index in [2.05, 4.69) is 45.4 Å². The van der Waals surface area contributed by atoms with E-state index in [-0.39, 0.29) is 11.6 Å². The lowest BCUT2D eigenvalue weighted by Gasteiger charge is -2.20. The highest BCUT2D eigenvalue weighted by molar-refractivity contribution is 6.76. The van der Waals surface area contributed by atoms with Crippen molar-refractivity contribution in [1.29, 1.82) is 0 Å². The Morgan fingerprint density at radius 2 is 1.96 bits per heavy atom. The zero-order chi connectivity index (χ0) is 20.2. The molecule has 5 nitrogen and oxygen atoms in total. The Morgan fingerprint density at radius 3 is 2.56 bits per heavy atom. The molecule has 0 saturated heterocycles. The Labute approximate surface area is 163 Å². The van der Waals surface area contributed by atoms with Crippen LogP contribution in [0.1, 0.15) is 19.5 Å². The van der Waals surface area contributed by atoms with Crippen molar-refractivity contribution in [3.05, 3.63) is 23.6 Å². The quantitative estimate of drug-likeness (QED) is 0.442. The number of fused-ring (bicyclic) bond motifs is 1. The maximum Gasteiger partial charge on any atom is 0.167 e. The largest absolute Gasteiger partial charge is 0.494 e. The normalized spacial score (nSPS) is 12.5. The molecule has 0 N–H and O–H groups in total. The predicted octanol–water partition coefficient (Wildman–Crippen LogP) is 4.38. The third-order valence-electron chi connectivity index (χ3n) is 4.89. The lowest BCUT2D eigenvalue weighted by molar-refractivity contribution is 0.0813. The minimum atomic E-state index is -1.14. The van der Waals surface area contributed by atoms with E-state index in [1.807, 2.05) is 0 Å². The first-order valence-corrected chi connectivity index (χ1v) is 13.3. The SMILES string of the molecule is COc1cc2c(CCN(C)C(C)C)nn(COCC[Si](C)(C)C)c2cc1F. The predicted molar refractivity (Wildman–Crippen MR) is 112 cm³/mol. The summed E-state index contributed by atoms with van der Waals surface area (Å²) in [4.78, 5) is 2.27. The number of nitrogens with zero attached hydrogens (tertiary/aromatic N) is 3. The fourth-order valence-corrected chi connectivity index (χ4v) is 3.51. The van der Waals surface area contributed by atoms with E-state index in [0.717, 1.165) is 35.6 Å². The van der Waals surface area contributed by atoms with Crippen molar-refractivity contribution in [2.24, 2.45) is 0 Å². The molecule has 0 spiro atoms. The zero-order valence-electron chi connectivity index (χ0n) is 17.8. The van der Waals surface area contributed by atoms with E-state index < -0.39 is 8.07 Å². The molecule has 0 amide bonds. The van der Waals surface area contributed by atoms with Gasteiger partial charge in [-0.1, -0.05) is 19.6 Å². The number of aromatic nitrogens is 2. The monoisotopic (exact) mass is 395 g/mol. The van der Waals surface area contributed by atoms with Crippen molar-refractivity contribution in [3.8, 4) is 5.75 Å². The molecule has 1 heterocycles. The number of halogens is 1. The smallest absolute Gasteiger partial charge is 0.167 e. The van der Waals surface area contributed by atoms with E-state index in [9.17, 15) is 4.39 Å². The Balaban J connectivity index is 2.23. The summed E-state index contributed by atoms with van der Waals surface area (Å²) >= 11 is 0. The van der Waals surface area contributed by atoms with Crippen LogP contribution in [0.3, 0.4) is 0 Å². The van der Waals surface area contributed by atoms with Crippen molar-refractivity contribution >= 4 is 19.0 Å². The summed E-state index contributed by atoms with van der Waals surface area (Å²) in [5.74, 6) is -0.126. The molecule has 0 atom stereocenters. The van der Waals surface area contributed by atoms with Gasteiger partial charge in [0.25, 0.3) is 0 Å². The average Bonchev–Trinajstić information content (AvgIpc) is 2.91. The standard InChI is InChI=1S/C20H34FN3O2Si/c1-15(2)23(3)9-8-18-16-12-20(25-4)17(21)13-19(16)24(22-18)14-26-10-11-27(5,6)7/h12-13,15H,8-11,14H2,1-7H3. The van der Waals surface area contributed by atoms with Gasteiger partial charge in [-0.3, -0.25) is 0 Å². The molecule has 0 aliphatic heterocycles. The Morgan fingerprint density at radius 1 is 1.26 bits per heavy atom. The summed E-state index contributed by atoms with van der Waals surface area (Å²) in [5, 5.41) is 5.66. The fraction of sp³-hybridized carbons (Fsp3) is 0.650. The topological polar surface area (TPSA) is 39.5 Å². The molecule has 2 rings (SSSR count). The number of benzene rings is 1. The van der Waals surface area contributed by atoms with Gasteiger partial charge in [-0.15, -0.1) is 0 Å². The van der Waals surface area contributed by atoms with Gasteiger partial charge in [0.15, 0.2) is 11.6 Å². The lowest BCUT2D eigenvalue weighted by atomic mass is 10.1. The molecular weight excluding hydrogens is 361 g/mol. The second-order valence-electron chi connectivity index (χ2n) is 8.62. The van der Waals surface area contributed by atoms with Crippen LogP contribution in [0.5, 0.6) is 5.75 Å². The summed E-state index contributed by atoms with van der Waals surface area (Å²) in [5.41, 5.74) is 1.70. The van der Waals surface area contributed by atoms with Gasteiger partial charge in [-0.05, 0) is 33.0 Å². The van der Waals surface area contributed by atoms with Crippen LogP contribution in [0.2, 0.25) is 25.7 Å². The van der Waals surface area contributed by atoms with Crippen molar-refractivity contribution in [2.75, 3.05) is 27.3 Å². The summed E-state index contributed by atoms with van der Waals surface area (Å²) in [6.45, 7) is 13.2. The molecule has 0 bridgehead atoms. The number of hydrogen-bond donors (Lipinski definition) is 0. The van der Waals surface area contributed by atoms with Crippen LogP contribution in [0.4, 0.5) is 4.39 Å². The lowest BCUT2D eigenvalue weighted by Crippen LogP contribution is -2.28. The van der Waals surface area contributed by atoms with Crippen LogP contribution in [-0.2, 0) is 17.9 Å². The third kappa shape index (κ3) is 6.02. The zero-order valence-corrected chi connectivity index (χ0v) is 18.8. The number of methoxy groups -OCH3 is 1. The summed E-state index contributed by atoms with van der Waals surface area (Å²) in [6, 6.07) is 4.82. The van der Waals surface area contributed by atoms with Gasteiger partial charge in [0.1, 0.15) is 6.73 Å². The third-order valence-corrected chi connectivity index (χ3v) is 6.60. The molecule has 0 aliphatic carbocycles.